The van der Waals surface area contributed by atoms with Crippen LogP contribution >= 0.6 is 11.3 Å². The van der Waals surface area contributed by atoms with Crippen molar-refractivity contribution in [3.05, 3.63) is 53.6 Å². The van der Waals surface area contributed by atoms with Gasteiger partial charge in [-0.3, -0.25) is 14.5 Å². The first-order valence-electron chi connectivity index (χ1n) is 11.2. The van der Waals surface area contributed by atoms with Crippen molar-refractivity contribution < 1.29 is 35.5 Å². The van der Waals surface area contributed by atoms with Crippen LogP contribution in [-0.2, 0) is 14.8 Å². The number of carbonyl (C=O) groups excluding carboxylic acids is 1. The van der Waals surface area contributed by atoms with Crippen LogP contribution in [0.4, 0.5) is 28.4 Å². The Kier molecular flexibility index (Phi) is 7.69. The molecule has 1 aliphatic carbocycles. The number of sulfonamides is 1. The van der Waals surface area contributed by atoms with Crippen molar-refractivity contribution in [1.82, 2.24) is 9.97 Å². The Bertz CT molecular complexity index is 1390. The highest BCUT2D eigenvalue weighted by Gasteiger charge is 2.36. The number of amides is 1. The first kappa shape index (κ1) is 26.8. The van der Waals surface area contributed by atoms with E-state index in [9.17, 15) is 30.8 Å². The summed E-state index contributed by atoms with van der Waals surface area (Å²) in [7, 11) is -3.49. The number of hydrogen-bond acceptors (Lipinski definition) is 7. The Balaban J connectivity index is 1.44. The predicted molar refractivity (Wildman–Crippen MR) is 131 cm³/mol. The number of pyridine rings is 1. The average Bonchev–Trinajstić information content (AvgIpc) is 3.61. The summed E-state index contributed by atoms with van der Waals surface area (Å²) in [4.78, 5) is 21.0. The van der Waals surface area contributed by atoms with Crippen LogP contribution in [0.3, 0.4) is 0 Å². The molecule has 14 heteroatoms. The van der Waals surface area contributed by atoms with E-state index in [1.807, 2.05) is 0 Å². The van der Waals surface area contributed by atoms with E-state index < -0.39 is 45.7 Å². The number of halogens is 4. The number of thiazole rings is 1. The Labute approximate surface area is 214 Å². The summed E-state index contributed by atoms with van der Waals surface area (Å²) in [5.74, 6) is -2.17. The maximum absolute atomic E-state index is 14.8. The molecular formula is C23H22F4N4O4S2. The number of hydrogen-bond donors (Lipinski definition) is 2. The topological polar surface area (TPSA) is 110 Å². The second-order valence-corrected chi connectivity index (χ2v) is 11.2. The zero-order valence-electron chi connectivity index (χ0n) is 19.4. The van der Waals surface area contributed by atoms with E-state index in [-0.39, 0.29) is 16.6 Å². The van der Waals surface area contributed by atoms with Crippen LogP contribution in [0.1, 0.15) is 37.8 Å². The molecule has 2 N–H and O–H groups in total. The van der Waals surface area contributed by atoms with Gasteiger partial charge in [-0.1, -0.05) is 13.0 Å². The number of carbonyl (C=O) groups is 1. The molecule has 0 spiro atoms. The Hall–Kier alpha value is -3.26. The van der Waals surface area contributed by atoms with Crippen molar-refractivity contribution in [1.29, 1.82) is 0 Å². The molecule has 198 valence electrons. The third-order valence-electron chi connectivity index (χ3n) is 5.47. The minimum Gasteiger partial charge on any atom is -0.482 e. The Morgan fingerprint density at radius 2 is 1.97 bits per heavy atom. The molecule has 0 bridgehead atoms. The molecule has 1 saturated carbocycles. The fraction of sp³-hybridized carbons (Fsp3) is 0.348. The van der Waals surface area contributed by atoms with Gasteiger partial charge in [0.25, 0.3) is 0 Å². The molecule has 0 aliphatic heterocycles. The molecule has 37 heavy (non-hydrogen) atoms. The normalized spacial score (nSPS) is 14.7. The highest BCUT2D eigenvalue weighted by atomic mass is 32.2. The third kappa shape index (κ3) is 6.95. The van der Waals surface area contributed by atoms with Gasteiger partial charge in [-0.15, -0.1) is 11.3 Å². The number of ether oxygens (including phenoxy) is 1. The Morgan fingerprint density at radius 3 is 2.62 bits per heavy atom. The van der Waals surface area contributed by atoms with Crippen LogP contribution in [0.5, 0.6) is 5.75 Å². The van der Waals surface area contributed by atoms with E-state index in [2.05, 4.69) is 24.7 Å². The molecule has 8 nitrogen and oxygen atoms in total. The van der Waals surface area contributed by atoms with Gasteiger partial charge in [0.1, 0.15) is 11.6 Å². The summed E-state index contributed by atoms with van der Waals surface area (Å²) in [5, 5.41) is 3.85. The zero-order chi connectivity index (χ0) is 26.8. The van der Waals surface area contributed by atoms with Crippen LogP contribution < -0.4 is 14.8 Å². The van der Waals surface area contributed by atoms with Crippen LogP contribution in [0.2, 0.25) is 0 Å². The molecule has 0 saturated heterocycles. The first-order valence-corrected chi connectivity index (χ1v) is 13.6. The summed E-state index contributed by atoms with van der Waals surface area (Å²) in [6.45, 7) is 0.265. The van der Waals surface area contributed by atoms with Gasteiger partial charge in [0, 0.05) is 17.1 Å². The fourth-order valence-electron chi connectivity index (χ4n) is 3.44. The average molecular weight is 559 g/mol. The van der Waals surface area contributed by atoms with Gasteiger partial charge in [0.2, 0.25) is 15.9 Å². The van der Waals surface area contributed by atoms with E-state index in [4.69, 9.17) is 0 Å². The second kappa shape index (κ2) is 10.6. The van der Waals surface area contributed by atoms with Crippen molar-refractivity contribution in [2.75, 3.05) is 16.6 Å². The highest BCUT2D eigenvalue weighted by molar-refractivity contribution is 7.93. The van der Waals surface area contributed by atoms with E-state index in [1.165, 1.54) is 24.4 Å². The molecule has 3 aromatic rings. The number of rotatable bonds is 10. The molecule has 1 atom stereocenters. The summed E-state index contributed by atoms with van der Waals surface area (Å²) in [5.41, 5.74) is 0.901. The number of aromatic nitrogens is 2. The summed E-state index contributed by atoms with van der Waals surface area (Å²) >= 11 is 1.06. The monoisotopic (exact) mass is 558 g/mol. The molecule has 0 radical (unpaired) electrons. The molecular weight excluding hydrogens is 536 g/mol. The van der Waals surface area contributed by atoms with E-state index >= 15 is 0 Å². The lowest BCUT2D eigenvalue weighted by Crippen LogP contribution is -2.22. The van der Waals surface area contributed by atoms with Gasteiger partial charge in [0.05, 0.1) is 28.7 Å². The van der Waals surface area contributed by atoms with Gasteiger partial charge in [-0.2, -0.15) is 13.2 Å². The highest BCUT2D eigenvalue weighted by Crippen LogP contribution is 2.33. The smallest absolute Gasteiger partial charge is 0.422 e. The lowest BCUT2D eigenvalue weighted by atomic mass is 10.0. The van der Waals surface area contributed by atoms with Gasteiger partial charge >= 0.3 is 6.18 Å². The summed E-state index contributed by atoms with van der Waals surface area (Å²) in [6, 6.07) is 5.23. The number of alkyl halides is 3. The van der Waals surface area contributed by atoms with Crippen LogP contribution in [0.25, 0.3) is 11.1 Å². The van der Waals surface area contributed by atoms with E-state index in [0.29, 0.717) is 36.1 Å². The van der Waals surface area contributed by atoms with Crippen LogP contribution in [0, 0.1) is 5.82 Å². The fourth-order valence-corrected chi connectivity index (χ4v) is 5.80. The van der Waals surface area contributed by atoms with Crippen LogP contribution in [-0.4, -0.2) is 42.3 Å². The number of nitrogens with zero attached hydrogens (tertiary/aromatic N) is 2. The maximum Gasteiger partial charge on any atom is 0.422 e. The molecule has 1 unspecified atom stereocenters. The summed E-state index contributed by atoms with van der Waals surface area (Å²) < 4.78 is 83.4. The standard InChI is InChI=1S/C23H22F4N4O4S2/c1-2-17(20-11-36-22(30-20)31-37(33,34)16-4-5-16)21(32)29-19-6-3-13(8-18(19)24)14-7-15(10-28-9-14)35-12-23(25,26)27/h3,6-11,16-17H,2,4-5,12H2,1H3,(H,29,32)(H,30,31). The van der Waals surface area contributed by atoms with E-state index in [1.54, 1.807) is 12.3 Å². The number of benzene rings is 1. The minimum absolute atomic E-state index is 0.102. The first-order chi connectivity index (χ1) is 17.4. The quantitative estimate of drug-likeness (QED) is 0.326. The second-order valence-electron chi connectivity index (χ2n) is 8.38. The maximum atomic E-state index is 14.8. The lowest BCUT2D eigenvalue weighted by molar-refractivity contribution is -0.153. The van der Waals surface area contributed by atoms with E-state index in [0.717, 1.165) is 23.6 Å². The van der Waals surface area contributed by atoms with Gasteiger partial charge in [-0.25, -0.2) is 17.8 Å². The molecule has 1 amide bonds. The molecule has 1 aromatic carbocycles. The Morgan fingerprint density at radius 1 is 1.22 bits per heavy atom. The van der Waals surface area contributed by atoms with Crippen molar-refractivity contribution >= 4 is 38.1 Å². The van der Waals surface area contributed by atoms with Crippen molar-refractivity contribution in [3.8, 4) is 16.9 Å². The van der Waals surface area contributed by atoms with Gasteiger partial charge in [0.15, 0.2) is 11.7 Å². The summed E-state index contributed by atoms with van der Waals surface area (Å²) in [6.07, 6.45) is -0.509. The SMILES string of the molecule is CCC(C(=O)Nc1ccc(-c2cncc(OCC(F)(F)F)c2)cc1F)c1csc(NS(=O)(=O)C2CC2)n1. The predicted octanol–water partition coefficient (Wildman–Crippen LogP) is 5.32. The van der Waals surface area contributed by atoms with Crippen molar-refractivity contribution in [2.45, 2.75) is 43.5 Å². The molecule has 4 rings (SSSR count). The zero-order valence-corrected chi connectivity index (χ0v) is 21.0. The number of anilines is 2. The molecule has 1 fully saturated rings. The lowest BCUT2D eigenvalue weighted by Gasteiger charge is -2.14. The number of nitrogens with one attached hydrogen (secondary N) is 2. The van der Waals surface area contributed by atoms with Crippen molar-refractivity contribution in [2.24, 2.45) is 0 Å². The molecule has 1 aliphatic rings. The molecule has 2 heterocycles. The molecule has 2 aromatic heterocycles. The third-order valence-corrected chi connectivity index (χ3v) is 8.20. The van der Waals surface area contributed by atoms with Crippen LogP contribution in [0.15, 0.2) is 42.0 Å². The largest absolute Gasteiger partial charge is 0.482 e. The van der Waals surface area contributed by atoms with Crippen molar-refractivity contribution in [3.63, 3.8) is 0 Å². The van der Waals surface area contributed by atoms with Gasteiger partial charge < -0.3 is 10.1 Å². The minimum atomic E-state index is -4.51. The van der Waals surface area contributed by atoms with Gasteiger partial charge in [-0.05, 0) is 43.0 Å².